The maximum atomic E-state index is 13.0. The number of methoxy groups -OCH3 is 1. The first-order chi connectivity index (χ1) is 14.0. The summed E-state index contributed by atoms with van der Waals surface area (Å²) in [6.45, 7) is 1.96. The lowest BCUT2D eigenvalue weighted by Crippen LogP contribution is -2.29. The Bertz CT molecular complexity index is 1100. The Balaban J connectivity index is 1.91. The SMILES string of the molecule is COc1cccc(/C(O)=C2/C(=O)C(=O)N(c3ccc(C)cc3)C2c2cccs2)c1. The molecule has 1 atom stereocenters. The van der Waals surface area contributed by atoms with Gasteiger partial charge in [-0.3, -0.25) is 14.5 Å². The molecule has 1 N–H and O–H groups in total. The maximum absolute atomic E-state index is 13.0. The molecular formula is C23H19NO4S. The lowest BCUT2D eigenvalue weighted by Gasteiger charge is -2.24. The smallest absolute Gasteiger partial charge is 0.300 e. The van der Waals surface area contributed by atoms with Crippen molar-refractivity contribution in [1.82, 2.24) is 0 Å². The molecule has 3 aromatic rings. The van der Waals surface area contributed by atoms with Gasteiger partial charge < -0.3 is 9.84 Å². The molecule has 1 amide bonds. The van der Waals surface area contributed by atoms with Crippen LogP contribution in [-0.2, 0) is 9.59 Å². The molecule has 0 spiro atoms. The zero-order valence-corrected chi connectivity index (χ0v) is 16.8. The minimum absolute atomic E-state index is 0.0753. The lowest BCUT2D eigenvalue weighted by molar-refractivity contribution is -0.132. The van der Waals surface area contributed by atoms with Crippen molar-refractivity contribution in [3.8, 4) is 5.75 Å². The second-order valence-corrected chi connectivity index (χ2v) is 7.73. The Morgan fingerprint density at radius 3 is 2.48 bits per heavy atom. The topological polar surface area (TPSA) is 66.8 Å². The molecule has 1 saturated heterocycles. The molecule has 1 aliphatic heterocycles. The third kappa shape index (κ3) is 3.32. The van der Waals surface area contributed by atoms with Crippen molar-refractivity contribution >= 4 is 34.5 Å². The maximum Gasteiger partial charge on any atom is 0.300 e. The number of aliphatic hydroxyl groups excluding tert-OH is 1. The van der Waals surface area contributed by atoms with Gasteiger partial charge in [-0.15, -0.1) is 11.3 Å². The van der Waals surface area contributed by atoms with Gasteiger partial charge in [-0.1, -0.05) is 35.9 Å². The van der Waals surface area contributed by atoms with Crippen LogP contribution in [0.2, 0.25) is 0 Å². The summed E-state index contributed by atoms with van der Waals surface area (Å²) >= 11 is 1.43. The number of hydrogen-bond acceptors (Lipinski definition) is 5. The number of anilines is 1. The predicted molar refractivity (Wildman–Crippen MR) is 113 cm³/mol. The Morgan fingerprint density at radius 1 is 1.07 bits per heavy atom. The van der Waals surface area contributed by atoms with Crippen molar-refractivity contribution in [2.24, 2.45) is 0 Å². The Kier molecular flexibility index (Phi) is 4.94. The molecule has 1 aliphatic rings. The number of nitrogens with zero attached hydrogens (tertiary/aromatic N) is 1. The van der Waals surface area contributed by atoms with Crippen molar-refractivity contribution in [2.75, 3.05) is 12.0 Å². The molecule has 1 aromatic heterocycles. The molecule has 0 bridgehead atoms. The number of ketones is 1. The highest BCUT2D eigenvalue weighted by Gasteiger charge is 2.47. The largest absolute Gasteiger partial charge is 0.507 e. The number of Topliss-reactive ketones (excluding diaryl/α,β-unsaturated/α-hetero) is 1. The van der Waals surface area contributed by atoms with Crippen LogP contribution in [0.5, 0.6) is 5.75 Å². The van der Waals surface area contributed by atoms with Crippen LogP contribution in [0.15, 0.2) is 71.6 Å². The van der Waals surface area contributed by atoms with Crippen LogP contribution in [0, 0.1) is 6.92 Å². The molecule has 1 fully saturated rings. The third-order valence-corrected chi connectivity index (χ3v) is 5.84. The van der Waals surface area contributed by atoms with Crippen LogP contribution in [-0.4, -0.2) is 23.9 Å². The van der Waals surface area contributed by atoms with Gasteiger partial charge in [-0.05, 0) is 42.6 Å². The van der Waals surface area contributed by atoms with E-state index in [-0.39, 0.29) is 11.3 Å². The number of amides is 1. The Hall–Kier alpha value is -3.38. The molecule has 5 nitrogen and oxygen atoms in total. The van der Waals surface area contributed by atoms with Gasteiger partial charge in [0, 0.05) is 16.1 Å². The van der Waals surface area contributed by atoms with Crippen LogP contribution in [0.25, 0.3) is 5.76 Å². The number of thiophene rings is 1. The van der Waals surface area contributed by atoms with Gasteiger partial charge in [0.05, 0.1) is 12.7 Å². The molecule has 2 aromatic carbocycles. The number of carbonyl (C=O) groups excluding carboxylic acids is 2. The summed E-state index contributed by atoms with van der Waals surface area (Å²) < 4.78 is 5.22. The number of aliphatic hydroxyl groups is 1. The number of aryl methyl sites for hydroxylation is 1. The van der Waals surface area contributed by atoms with Gasteiger partial charge in [0.25, 0.3) is 11.7 Å². The first-order valence-electron chi connectivity index (χ1n) is 9.06. The standard InChI is InChI=1S/C23H19NO4S/c1-14-8-10-16(11-9-14)24-20(18-7-4-12-29-18)19(22(26)23(24)27)21(25)15-5-3-6-17(13-15)28-2/h3-13,20,25H,1-2H3/b21-19-. The van der Waals surface area contributed by atoms with E-state index in [9.17, 15) is 14.7 Å². The Labute approximate surface area is 172 Å². The van der Waals surface area contributed by atoms with Crippen molar-refractivity contribution in [3.63, 3.8) is 0 Å². The van der Waals surface area contributed by atoms with Crippen LogP contribution in [0.4, 0.5) is 5.69 Å². The number of benzene rings is 2. The average molecular weight is 405 g/mol. The summed E-state index contributed by atoms with van der Waals surface area (Å²) in [6.07, 6.45) is 0. The monoisotopic (exact) mass is 405 g/mol. The van der Waals surface area contributed by atoms with E-state index < -0.39 is 17.7 Å². The van der Waals surface area contributed by atoms with E-state index in [0.717, 1.165) is 10.4 Å². The molecule has 29 heavy (non-hydrogen) atoms. The summed E-state index contributed by atoms with van der Waals surface area (Å²) in [5, 5.41) is 12.9. The van der Waals surface area contributed by atoms with E-state index in [0.29, 0.717) is 17.0 Å². The highest BCUT2D eigenvalue weighted by molar-refractivity contribution is 7.10. The highest BCUT2D eigenvalue weighted by Crippen LogP contribution is 2.43. The summed E-state index contributed by atoms with van der Waals surface area (Å²) in [6, 6.07) is 17.2. The zero-order valence-electron chi connectivity index (χ0n) is 16.0. The molecule has 4 rings (SSSR count). The van der Waals surface area contributed by atoms with E-state index in [1.54, 1.807) is 24.3 Å². The van der Waals surface area contributed by atoms with Crippen molar-refractivity contribution in [1.29, 1.82) is 0 Å². The van der Waals surface area contributed by atoms with Crippen molar-refractivity contribution in [2.45, 2.75) is 13.0 Å². The molecule has 146 valence electrons. The highest BCUT2D eigenvalue weighted by atomic mass is 32.1. The van der Waals surface area contributed by atoms with E-state index in [1.165, 1.54) is 23.3 Å². The number of carbonyl (C=O) groups is 2. The predicted octanol–water partition coefficient (Wildman–Crippen LogP) is 4.69. The molecule has 0 saturated carbocycles. The minimum Gasteiger partial charge on any atom is -0.507 e. The van der Waals surface area contributed by atoms with Gasteiger partial charge in [0.1, 0.15) is 17.6 Å². The zero-order chi connectivity index (χ0) is 20.5. The first kappa shape index (κ1) is 19.0. The van der Waals surface area contributed by atoms with Crippen LogP contribution >= 0.6 is 11.3 Å². The van der Waals surface area contributed by atoms with Gasteiger partial charge in [0.2, 0.25) is 0 Å². The fraction of sp³-hybridized carbons (Fsp3) is 0.130. The summed E-state index contributed by atoms with van der Waals surface area (Å²) in [5.41, 5.74) is 2.16. The van der Waals surface area contributed by atoms with E-state index in [2.05, 4.69) is 0 Å². The molecular weight excluding hydrogens is 386 g/mol. The number of ether oxygens (including phenoxy) is 1. The van der Waals surface area contributed by atoms with E-state index in [4.69, 9.17) is 4.74 Å². The van der Waals surface area contributed by atoms with Crippen LogP contribution in [0.1, 0.15) is 22.0 Å². The Morgan fingerprint density at radius 2 is 1.83 bits per heavy atom. The summed E-state index contributed by atoms with van der Waals surface area (Å²) in [4.78, 5) is 28.2. The number of hydrogen-bond donors (Lipinski definition) is 1. The second-order valence-electron chi connectivity index (χ2n) is 6.75. The van der Waals surface area contributed by atoms with Gasteiger partial charge in [-0.2, -0.15) is 0 Å². The van der Waals surface area contributed by atoms with Gasteiger partial charge >= 0.3 is 0 Å². The van der Waals surface area contributed by atoms with Gasteiger partial charge in [0.15, 0.2) is 0 Å². The van der Waals surface area contributed by atoms with Crippen molar-refractivity contribution < 1.29 is 19.4 Å². The quantitative estimate of drug-likeness (QED) is 0.388. The summed E-state index contributed by atoms with van der Waals surface area (Å²) in [5.74, 6) is -1.02. The van der Waals surface area contributed by atoms with Crippen LogP contribution < -0.4 is 9.64 Å². The first-order valence-corrected chi connectivity index (χ1v) is 9.94. The fourth-order valence-corrected chi connectivity index (χ4v) is 4.27. The minimum atomic E-state index is -0.704. The van der Waals surface area contributed by atoms with Gasteiger partial charge in [-0.25, -0.2) is 0 Å². The fourth-order valence-electron chi connectivity index (χ4n) is 3.45. The lowest BCUT2D eigenvalue weighted by atomic mass is 9.99. The van der Waals surface area contributed by atoms with Crippen molar-refractivity contribution in [3.05, 3.63) is 87.6 Å². The average Bonchev–Trinajstić information content (AvgIpc) is 3.36. The van der Waals surface area contributed by atoms with Crippen LogP contribution in [0.3, 0.4) is 0 Å². The molecule has 0 radical (unpaired) electrons. The molecule has 2 heterocycles. The van der Waals surface area contributed by atoms with E-state index in [1.807, 2.05) is 48.7 Å². The molecule has 1 unspecified atom stereocenters. The number of rotatable bonds is 4. The molecule has 6 heteroatoms. The molecule has 0 aliphatic carbocycles. The normalized spacial score (nSPS) is 18.3. The second kappa shape index (κ2) is 7.56. The summed E-state index contributed by atoms with van der Waals surface area (Å²) in [7, 11) is 1.53. The third-order valence-electron chi connectivity index (χ3n) is 4.91. The van der Waals surface area contributed by atoms with E-state index >= 15 is 0 Å².